The first-order valence-corrected chi connectivity index (χ1v) is 9.22. The molecule has 1 aliphatic heterocycles. The quantitative estimate of drug-likeness (QED) is 0.729. The molecule has 2 aromatic carbocycles. The van der Waals surface area contributed by atoms with Gasteiger partial charge >= 0.3 is 0 Å². The Bertz CT molecular complexity index is 768. The van der Waals surface area contributed by atoms with Crippen molar-refractivity contribution in [2.45, 2.75) is 6.42 Å². The molecule has 0 saturated heterocycles. The standard InChI is InChI=1S/C21H24N2O5/c24-20-16-4-1-6-18(20)27-12-10-26-11-13-28-19-7-2-5-17(21(19)25)15-23-9-3-8-22-14-16/h1-2,4-7,14-15,24-25H,3,8-13H2. The van der Waals surface area contributed by atoms with Gasteiger partial charge in [0.05, 0.1) is 13.2 Å². The van der Waals surface area contributed by atoms with E-state index < -0.39 is 0 Å². The topological polar surface area (TPSA) is 92.9 Å². The number of phenolic OH excluding ortho intramolecular Hbond substituents is 2. The van der Waals surface area contributed by atoms with E-state index in [2.05, 4.69) is 9.98 Å². The third-order valence-corrected chi connectivity index (χ3v) is 4.07. The Kier molecular flexibility index (Phi) is 7.26. The molecule has 0 fully saturated rings. The van der Waals surface area contributed by atoms with E-state index in [9.17, 15) is 10.2 Å². The van der Waals surface area contributed by atoms with E-state index in [4.69, 9.17) is 14.2 Å². The van der Waals surface area contributed by atoms with Gasteiger partial charge in [-0.05, 0) is 30.7 Å². The van der Waals surface area contributed by atoms with Crippen molar-refractivity contribution in [2.75, 3.05) is 39.5 Å². The summed E-state index contributed by atoms with van der Waals surface area (Å²) in [6, 6.07) is 10.6. The third-order valence-electron chi connectivity index (χ3n) is 4.07. The number of phenols is 2. The summed E-state index contributed by atoms with van der Waals surface area (Å²) in [5, 5.41) is 20.6. The zero-order valence-corrected chi connectivity index (χ0v) is 15.6. The first-order valence-electron chi connectivity index (χ1n) is 9.22. The third kappa shape index (κ3) is 5.47. The number of hydrogen-bond acceptors (Lipinski definition) is 7. The lowest BCUT2D eigenvalue weighted by Crippen LogP contribution is -2.12. The van der Waals surface area contributed by atoms with Crippen molar-refractivity contribution < 1.29 is 24.4 Å². The highest BCUT2D eigenvalue weighted by molar-refractivity contribution is 5.85. The first-order chi connectivity index (χ1) is 13.8. The van der Waals surface area contributed by atoms with Crippen LogP contribution in [0.25, 0.3) is 0 Å². The van der Waals surface area contributed by atoms with E-state index >= 15 is 0 Å². The molecule has 0 atom stereocenters. The van der Waals surface area contributed by atoms with Gasteiger partial charge in [-0.3, -0.25) is 9.98 Å². The molecular weight excluding hydrogens is 360 g/mol. The number of hydrogen-bond donors (Lipinski definition) is 2. The normalized spacial score (nSPS) is 16.0. The van der Waals surface area contributed by atoms with Crippen molar-refractivity contribution in [3.8, 4) is 23.0 Å². The van der Waals surface area contributed by atoms with Crippen LogP contribution in [0.3, 0.4) is 0 Å². The molecular formula is C21H24N2O5. The van der Waals surface area contributed by atoms with Crippen molar-refractivity contribution in [1.29, 1.82) is 0 Å². The van der Waals surface area contributed by atoms with Crippen LogP contribution < -0.4 is 9.47 Å². The van der Waals surface area contributed by atoms with Crippen LogP contribution in [0.15, 0.2) is 46.4 Å². The monoisotopic (exact) mass is 384 g/mol. The average Bonchev–Trinajstić information content (AvgIpc) is 2.70. The molecule has 0 unspecified atom stereocenters. The minimum atomic E-state index is 0.0657. The van der Waals surface area contributed by atoms with Crippen molar-refractivity contribution >= 4 is 12.4 Å². The van der Waals surface area contributed by atoms with Crippen molar-refractivity contribution in [1.82, 2.24) is 0 Å². The molecule has 7 heteroatoms. The van der Waals surface area contributed by atoms with Gasteiger partial charge in [0.25, 0.3) is 0 Å². The van der Waals surface area contributed by atoms with Gasteiger partial charge in [0.2, 0.25) is 0 Å². The lowest BCUT2D eigenvalue weighted by atomic mass is 10.2. The summed E-state index contributed by atoms with van der Waals surface area (Å²) in [6.07, 6.45) is 4.01. The fraction of sp³-hybridized carbons (Fsp3) is 0.333. The first kappa shape index (κ1) is 19.7. The number of aromatic hydroxyl groups is 2. The fourth-order valence-electron chi connectivity index (χ4n) is 2.62. The molecule has 0 saturated carbocycles. The minimum absolute atomic E-state index is 0.0657. The molecule has 0 aromatic heterocycles. The Morgan fingerprint density at radius 3 is 1.68 bits per heavy atom. The summed E-state index contributed by atoms with van der Waals surface area (Å²) in [7, 11) is 0. The van der Waals surface area contributed by atoms with Crippen LogP contribution in [-0.2, 0) is 4.74 Å². The van der Waals surface area contributed by atoms with E-state index in [1.54, 1.807) is 36.7 Å². The van der Waals surface area contributed by atoms with Gasteiger partial charge in [-0.1, -0.05) is 12.1 Å². The average molecular weight is 384 g/mol. The Morgan fingerprint density at radius 2 is 1.18 bits per heavy atom. The maximum atomic E-state index is 10.3. The minimum Gasteiger partial charge on any atom is -0.504 e. The molecule has 3 rings (SSSR count). The van der Waals surface area contributed by atoms with Crippen LogP contribution in [0.1, 0.15) is 17.5 Å². The summed E-state index contributed by atoms with van der Waals surface area (Å²) in [4.78, 5) is 8.66. The van der Waals surface area contributed by atoms with E-state index in [0.717, 1.165) is 6.42 Å². The van der Waals surface area contributed by atoms with E-state index in [-0.39, 0.29) is 11.5 Å². The zero-order valence-electron chi connectivity index (χ0n) is 15.6. The van der Waals surface area contributed by atoms with Crippen molar-refractivity contribution in [3.05, 3.63) is 47.5 Å². The Hall–Kier alpha value is -3.06. The molecule has 28 heavy (non-hydrogen) atoms. The highest BCUT2D eigenvalue weighted by Gasteiger charge is 2.08. The molecule has 2 N–H and O–H groups in total. The van der Waals surface area contributed by atoms with Crippen LogP contribution in [-0.4, -0.2) is 62.2 Å². The molecule has 7 nitrogen and oxygen atoms in total. The second-order valence-corrected chi connectivity index (χ2v) is 6.12. The Morgan fingerprint density at radius 1 is 0.679 bits per heavy atom. The van der Waals surface area contributed by atoms with Crippen molar-refractivity contribution in [2.24, 2.45) is 9.98 Å². The molecule has 0 amide bonds. The molecule has 4 bridgehead atoms. The van der Waals surface area contributed by atoms with Crippen LogP contribution in [0.5, 0.6) is 23.0 Å². The number of para-hydroxylation sites is 2. The smallest absolute Gasteiger partial charge is 0.166 e. The highest BCUT2D eigenvalue weighted by Crippen LogP contribution is 2.29. The Balaban J connectivity index is 1.70. The predicted octanol–water partition coefficient (Wildman–Crippen LogP) is 2.81. The zero-order chi connectivity index (χ0) is 19.6. The van der Waals surface area contributed by atoms with Gasteiger partial charge in [-0.15, -0.1) is 0 Å². The highest BCUT2D eigenvalue weighted by atomic mass is 16.5. The van der Waals surface area contributed by atoms with Gasteiger partial charge in [-0.2, -0.15) is 0 Å². The largest absolute Gasteiger partial charge is 0.504 e. The SMILES string of the molecule is Oc1c2cccc1OCCOCCOc1cccc(c1O)C=NCCCN=C2. The number of benzene rings is 2. The van der Waals surface area contributed by atoms with Crippen LogP contribution >= 0.6 is 0 Å². The maximum absolute atomic E-state index is 10.3. The van der Waals surface area contributed by atoms with Gasteiger partial charge in [0.1, 0.15) is 13.2 Å². The fourth-order valence-corrected chi connectivity index (χ4v) is 2.62. The van der Waals surface area contributed by atoms with Crippen LogP contribution in [0.2, 0.25) is 0 Å². The van der Waals surface area contributed by atoms with E-state index in [1.165, 1.54) is 0 Å². The number of aliphatic imine (C=N–C) groups is 2. The molecule has 0 aliphatic carbocycles. The number of rotatable bonds is 0. The summed E-state index contributed by atoms with van der Waals surface area (Å²) in [6.45, 7) is 2.44. The summed E-state index contributed by atoms with van der Waals surface area (Å²) < 4.78 is 16.6. The number of ether oxygens (including phenoxy) is 3. The van der Waals surface area contributed by atoms with Crippen LogP contribution in [0.4, 0.5) is 0 Å². The molecule has 0 spiro atoms. The second kappa shape index (κ2) is 10.3. The van der Waals surface area contributed by atoms with Gasteiger partial charge < -0.3 is 24.4 Å². The lowest BCUT2D eigenvalue weighted by molar-refractivity contribution is 0.0751. The number of fused-ring (bicyclic) bond motifs is 4. The molecule has 1 aliphatic rings. The predicted molar refractivity (Wildman–Crippen MR) is 108 cm³/mol. The summed E-state index contributed by atoms with van der Waals surface area (Å²) >= 11 is 0. The molecule has 1 heterocycles. The van der Waals surface area contributed by atoms with Crippen molar-refractivity contribution in [3.63, 3.8) is 0 Å². The Labute approximate surface area is 163 Å². The second-order valence-electron chi connectivity index (χ2n) is 6.12. The molecule has 2 aromatic rings. The van der Waals surface area contributed by atoms with Gasteiger partial charge in [-0.25, -0.2) is 0 Å². The summed E-state index contributed by atoms with van der Waals surface area (Å²) in [5.74, 6) is 0.918. The van der Waals surface area contributed by atoms with E-state index in [0.29, 0.717) is 62.1 Å². The molecule has 148 valence electrons. The van der Waals surface area contributed by atoms with Gasteiger partial charge in [0.15, 0.2) is 23.0 Å². The number of nitrogens with zero attached hydrogens (tertiary/aromatic N) is 2. The molecule has 0 radical (unpaired) electrons. The summed E-state index contributed by atoms with van der Waals surface area (Å²) in [5.41, 5.74) is 1.21. The van der Waals surface area contributed by atoms with Crippen LogP contribution in [0, 0.1) is 0 Å². The lowest BCUT2D eigenvalue weighted by Gasteiger charge is -2.11. The van der Waals surface area contributed by atoms with E-state index in [1.807, 2.05) is 12.1 Å². The van der Waals surface area contributed by atoms with Gasteiger partial charge in [0, 0.05) is 36.6 Å². The maximum Gasteiger partial charge on any atom is 0.166 e.